The number of halogens is 3. The van der Waals surface area contributed by atoms with Crippen LogP contribution in [0.2, 0.25) is 15.1 Å². The highest BCUT2D eigenvalue weighted by molar-refractivity contribution is 6.35. The van der Waals surface area contributed by atoms with E-state index in [1.54, 1.807) is 38.1 Å². The first kappa shape index (κ1) is 15.1. The standard InChI is InChI=1S/C14H11Cl3N2O/c1-8-14(17)9(2)19(18-8)13(20)6-4-10-3-5-11(15)7-12(10)16/h3-7H,1-2H3. The van der Waals surface area contributed by atoms with Crippen molar-refractivity contribution in [2.75, 3.05) is 0 Å². The molecule has 0 unspecified atom stereocenters. The minimum absolute atomic E-state index is 0.288. The molecule has 0 aliphatic heterocycles. The molecule has 1 heterocycles. The third kappa shape index (κ3) is 3.06. The number of nitrogens with zero attached hydrogens (tertiary/aromatic N) is 2. The van der Waals surface area contributed by atoms with Crippen LogP contribution in [0.1, 0.15) is 21.7 Å². The zero-order chi connectivity index (χ0) is 14.9. The Morgan fingerprint density at radius 1 is 1.25 bits per heavy atom. The van der Waals surface area contributed by atoms with Crippen LogP contribution in [0.4, 0.5) is 0 Å². The van der Waals surface area contributed by atoms with Crippen molar-refractivity contribution < 1.29 is 4.79 Å². The van der Waals surface area contributed by atoms with E-state index in [0.717, 1.165) is 0 Å². The van der Waals surface area contributed by atoms with Crippen LogP contribution in [0.3, 0.4) is 0 Å². The summed E-state index contributed by atoms with van der Waals surface area (Å²) in [7, 11) is 0. The molecule has 1 aromatic carbocycles. The van der Waals surface area contributed by atoms with Crippen molar-refractivity contribution >= 4 is 46.8 Å². The van der Waals surface area contributed by atoms with Crippen LogP contribution in [0.15, 0.2) is 24.3 Å². The molecular formula is C14H11Cl3N2O. The highest BCUT2D eigenvalue weighted by Crippen LogP contribution is 2.22. The lowest BCUT2D eigenvalue weighted by atomic mass is 10.2. The van der Waals surface area contributed by atoms with E-state index in [2.05, 4.69) is 5.10 Å². The van der Waals surface area contributed by atoms with Gasteiger partial charge in [0.05, 0.1) is 16.4 Å². The average Bonchev–Trinajstić information content (AvgIpc) is 2.65. The molecule has 0 spiro atoms. The molecule has 0 saturated heterocycles. The second kappa shape index (κ2) is 6.00. The molecule has 3 nitrogen and oxygen atoms in total. The summed E-state index contributed by atoms with van der Waals surface area (Å²) in [6.07, 6.45) is 3.01. The number of rotatable bonds is 2. The van der Waals surface area contributed by atoms with Gasteiger partial charge >= 0.3 is 0 Å². The quantitative estimate of drug-likeness (QED) is 0.741. The van der Waals surface area contributed by atoms with Crippen molar-refractivity contribution in [3.05, 3.63) is 56.3 Å². The predicted octanol–water partition coefficient (Wildman–Crippen LogP) is 4.81. The van der Waals surface area contributed by atoms with Crippen LogP contribution in [-0.2, 0) is 0 Å². The molecule has 0 amide bonds. The lowest BCUT2D eigenvalue weighted by molar-refractivity contribution is 0.0952. The van der Waals surface area contributed by atoms with E-state index in [0.29, 0.717) is 32.0 Å². The summed E-state index contributed by atoms with van der Waals surface area (Å²) in [5.41, 5.74) is 1.94. The molecule has 0 bridgehead atoms. The van der Waals surface area contributed by atoms with Gasteiger partial charge in [0.2, 0.25) is 0 Å². The van der Waals surface area contributed by atoms with Gasteiger partial charge in [0, 0.05) is 16.1 Å². The lowest BCUT2D eigenvalue weighted by Crippen LogP contribution is -2.11. The van der Waals surface area contributed by atoms with Crippen molar-refractivity contribution in [3.63, 3.8) is 0 Å². The number of allylic oxidation sites excluding steroid dienone is 1. The fourth-order valence-corrected chi connectivity index (χ4v) is 2.30. The van der Waals surface area contributed by atoms with Crippen LogP contribution < -0.4 is 0 Å². The van der Waals surface area contributed by atoms with Gasteiger partial charge in [-0.2, -0.15) is 9.78 Å². The fraction of sp³-hybridized carbons (Fsp3) is 0.143. The van der Waals surface area contributed by atoms with E-state index >= 15 is 0 Å². The average molecular weight is 330 g/mol. The summed E-state index contributed by atoms with van der Waals surface area (Å²) in [6.45, 7) is 3.49. The Morgan fingerprint density at radius 2 is 1.95 bits per heavy atom. The number of carbonyl (C=O) groups excluding carboxylic acids is 1. The number of aromatic nitrogens is 2. The van der Waals surface area contributed by atoms with Crippen LogP contribution in [0, 0.1) is 13.8 Å². The highest BCUT2D eigenvalue weighted by atomic mass is 35.5. The predicted molar refractivity (Wildman–Crippen MR) is 82.8 cm³/mol. The summed E-state index contributed by atoms with van der Waals surface area (Å²) in [5, 5.41) is 5.61. The Balaban J connectivity index is 2.27. The Bertz CT molecular complexity index is 705. The van der Waals surface area contributed by atoms with Crippen LogP contribution in [0.25, 0.3) is 6.08 Å². The molecular weight excluding hydrogens is 319 g/mol. The van der Waals surface area contributed by atoms with Gasteiger partial charge in [0.25, 0.3) is 5.91 Å². The van der Waals surface area contributed by atoms with Crippen LogP contribution >= 0.6 is 34.8 Å². The fourth-order valence-electron chi connectivity index (χ4n) is 1.71. The molecule has 0 aliphatic carbocycles. The first-order chi connectivity index (χ1) is 9.40. The van der Waals surface area contributed by atoms with Crippen molar-refractivity contribution in [1.29, 1.82) is 0 Å². The Kier molecular flexibility index (Phi) is 4.53. The maximum atomic E-state index is 12.1. The molecule has 0 saturated carbocycles. The Hall–Kier alpha value is -1.29. The van der Waals surface area contributed by atoms with E-state index in [4.69, 9.17) is 34.8 Å². The van der Waals surface area contributed by atoms with Crippen LogP contribution in [0.5, 0.6) is 0 Å². The number of hydrogen-bond acceptors (Lipinski definition) is 2. The first-order valence-corrected chi connectivity index (χ1v) is 6.92. The largest absolute Gasteiger partial charge is 0.271 e. The molecule has 0 N–H and O–H groups in total. The van der Waals surface area contributed by atoms with Gasteiger partial charge < -0.3 is 0 Å². The van der Waals surface area contributed by atoms with Gasteiger partial charge in [0.1, 0.15) is 0 Å². The van der Waals surface area contributed by atoms with Crippen molar-refractivity contribution in [2.24, 2.45) is 0 Å². The summed E-state index contributed by atoms with van der Waals surface area (Å²) in [5.74, 6) is -0.288. The molecule has 1 aromatic heterocycles. The van der Waals surface area contributed by atoms with Gasteiger partial charge in [-0.15, -0.1) is 0 Å². The van der Waals surface area contributed by atoms with E-state index in [1.165, 1.54) is 10.8 Å². The monoisotopic (exact) mass is 328 g/mol. The molecule has 2 aromatic rings. The molecule has 0 atom stereocenters. The summed E-state index contributed by atoms with van der Waals surface area (Å²) < 4.78 is 1.26. The molecule has 104 valence electrons. The zero-order valence-electron chi connectivity index (χ0n) is 10.8. The number of carbonyl (C=O) groups is 1. The zero-order valence-corrected chi connectivity index (χ0v) is 13.1. The van der Waals surface area contributed by atoms with Gasteiger partial charge in [-0.3, -0.25) is 4.79 Å². The molecule has 0 fully saturated rings. The molecule has 20 heavy (non-hydrogen) atoms. The Labute approximate surface area is 131 Å². The summed E-state index contributed by atoms with van der Waals surface area (Å²) >= 11 is 17.8. The minimum Gasteiger partial charge on any atom is -0.267 e. The molecule has 0 aliphatic rings. The lowest BCUT2D eigenvalue weighted by Gasteiger charge is -2.00. The number of hydrogen-bond donors (Lipinski definition) is 0. The maximum absolute atomic E-state index is 12.1. The summed E-state index contributed by atoms with van der Waals surface area (Å²) in [6, 6.07) is 5.06. The van der Waals surface area contributed by atoms with E-state index in [-0.39, 0.29) is 5.91 Å². The van der Waals surface area contributed by atoms with E-state index in [9.17, 15) is 4.79 Å². The molecule has 0 radical (unpaired) electrons. The van der Waals surface area contributed by atoms with Gasteiger partial charge in [-0.1, -0.05) is 40.9 Å². The van der Waals surface area contributed by atoms with Crippen molar-refractivity contribution in [2.45, 2.75) is 13.8 Å². The van der Waals surface area contributed by atoms with Gasteiger partial charge in [0.15, 0.2) is 0 Å². The SMILES string of the molecule is Cc1nn(C(=O)C=Cc2ccc(Cl)cc2Cl)c(C)c1Cl. The molecule has 6 heteroatoms. The smallest absolute Gasteiger partial charge is 0.267 e. The Morgan fingerprint density at radius 3 is 2.50 bits per heavy atom. The van der Waals surface area contributed by atoms with Crippen LogP contribution in [-0.4, -0.2) is 15.7 Å². The van der Waals surface area contributed by atoms with Gasteiger partial charge in [-0.25, -0.2) is 0 Å². The summed E-state index contributed by atoms with van der Waals surface area (Å²) in [4.78, 5) is 12.1. The van der Waals surface area contributed by atoms with Crippen molar-refractivity contribution in [1.82, 2.24) is 9.78 Å². The second-order valence-corrected chi connectivity index (χ2v) is 5.46. The number of benzene rings is 1. The topological polar surface area (TPSA) is 34.9 Å². The van der Waals surface area contributed by atoms with E-state index < -0.39 is 0 Å². The molecule has 2 rings (SSSR count). The van der Waals surface area contributed by atoms with Gasteiger partial charge in [-0.05, 0) is 37.6 Å². The third-order valence-corrected chi connectivity index (χ3v) is 3.89. The maximum Gasteiger partial charge on any atom is 0.271 e. The highest BCUT2D eigenvalue weighted by Gasteiger charge is 2.13. The first-order valence-electron chi connectivity index (χ1n) is 5.79. The number of aryl methyl sites for hydroxylation is 1. The van der Waals surface area contributed by atoms with E-state index in [1.807, 2.05) is 0 Å². The minimum atomic E-state index is -0.288. The normalized spacial score (nSPS) is 11.2. The second-order valence-electron chi connectivity index (χ2n) is 4.23. The third-order valence-electron chi connectivity index (χ3n) is 2.78. The van der Waals surface area contributed by atoms with Crippen molar-refractivity contribution in [3.8, 4) is 0 Å².